The third kappa shape index (κ3) is 8.52. The Hall–Kier alpha value is -1.62. The fourth-order valence-electron chi connectivity index (χ4n) is 1.29. The molecule has 0 aromatic carbocycles. The summed E-state index contributed by atoms with van der Waals surface area (Å²) >= 11 is 0. The number of carbonyl (C=O) groups excluding carboxylic acids is 1. The molecule has 0 aliphatic carbocycles. The van der Waals surface area contributed by atoms with Gasteiger partial charge in [-0.05, 0) is 25.0 Å². The lowest BCUT2D eigenvalue weighted by molar-refractivity contribution is -0.134. The second-order valence-corrected chi connectivity index (χ2v) is 3.88. The average Bonchev–Trinajstić information content (AvgIpc) is 2.72. The Morgan fingerprint density at radius 2 is 1.78 bits per heavy atom. The average molecular weight is 256 g/mol. The van der Waals surface area contributed by atoms with E-state index in [9.17, 15) is 4.79 Å². The Morgan fingerprint density at radius 3 is 2.22 bits per heavy atom. The summed E-state index contributed by atoms with van der Waals surface area (Å²) in [5, 5.41) is 16.0. The van der Waals surface area contributed by atoms with Crippen molar-refractivity contribution in [2.24, 2.45) is 0 Å². The van der Waals surface area contributed by atoms with Crippen LogP contribution in [0.1, 0.15) is 49.4 Å². The van der Waals surface area contributed by atoms with E-state index >= 15 is 0 Å². The normalized spacial score (nSPS) is 9.50. The predicted molar refractivity (Wildman–Crippen MR) is 66.7 cm³/mol. The SMILES string of the molecule is CC(=O)O.CC(=O)c1ccc(CCCCCO)o1. The van der Waals surface area contributed by atoms with Crippen molar-refractivity contribution in [2.75, 3.05) is 6.61 Å². The zero-order chi connectivity index (χ0) is 14.0. The number of Topliss-reactive ketones (excluding diaryl/α,β-unsaturated/α-hetero) is 1. The Kier molecular flexibility index (Phi) is 8.57. The van der Waals surface area contributed by atoms with Gasteiger partial charge in [0.15, 0.2) is 11.5 Å². The Bertz CT molecular complexity index is 363. The second-order valence-electron chi connectivity index (χ2n) is 3.88. The standard InChI is InChI=1S/C11H16O3.C2H4O2/c1-9(13)11-7-6-10(14-11)5-3-2-4-8-12;1-2(3)4/h6-7,12H,2-5,8H2,1H3;1H3,(H,3,4). The fourth-order valence-corrected chi connectivity index (χ4v) is 1.29. The van der Waals surface area contributed by atoms with Crippen molar-refractivity contribution < 1.29 is 24.2 Å². The van der Waals surface area contributed by atoms with E-state index in [0.717, 1.165) is 38.4 Å². The van der Waals surface area contributed by atoms with Gasteiger partial charge in [0.25, 0.3) is 5.97 Å². The third-order valence-electron chi connectivity index (χ3n) is 2.09. The first-order valence-corrected chi connectivity index (χ1v) is 5.87. The highest BCUT2D eigenvalue weighted by Crippen LogP contribution is 2.11. The molecule has 0 amide bonds. The van der Waals surface area contributed by atoms with Crippen LogP contribution in [0.5, 0.6) is 0 Å². The van der Waals surface area contributed by atoms with Crippen molar-refractivity contribution in [1.29, 1.82) is 0 Å². The van der Waals surface area contributed by atoms with Crippen molar-refractivity contribution >= 4 is 11.8 Å². The molecule has 102 valence electrons. The van der Waals surface area contributed by atoms with Gasteiger partial charge in [0.2, 0.25) is 0 Å². The summed E-state index contributed by atoms with van der Waals surface area (Å²) in [5.74, 6) is 0.418. The predicted octanol–water partition coefficient (Wildman–Crippen LogP) is 2.28. The maximum atomic E-state index is 10.9. The van der Waals surface area contributed by atoms with Gasteiger partial charge in [0, 0.05) is 26.9 Å². The Morgan fingerprint density at radius 1 is 1.17 bits per heavy atom. The van der Waals surface area contributed by atoms with E-state index in [1.54, 1.807) is 6.07 Å². The van der Waals surface area contributed by atoms with Crippen LogP contribution in [0.3, 0.4) is 0 Å². The van der Waals surface area contributed by atoms with Gasteiger partial charge < -0.3 is 14.6 Å². The van der Waals surface area contributed by atoms with Gasteiger partial charge in [0.1, 0.15) is 5.76 Å². The molecule has 5 heteroatoms. The second kappa shape index (κ2) is 9.41. The molecule has 0 radical (unpaired) electrons. The van der Waals surface area contributed by atoms with E-state index in [1.807, 2.05) is 6.07 Å². The van der Waals surface area contributed by atoms with Gasteiger partial charge in [-0.2, -0.15) is 0 Å². The van der Waals surface area contributed by atoms with Gasteiger partial charge in [-0.25, -0.2) is 0 Å². The van der Waals surface area contributed by atoms with E-state index in [1.165, 1.54) is 6.92 Å². The Labute approximate surface area is 106 Å². The third-order valence-corrected chi connectivity index (χ3v) is 2.09. The molecule has 0 fully saturated rings. The molecule has 1 aromatic heterocycles. The highest BCUT2D eigenvalue weighted by atomic mass is 16.4. The first kappa shape index (κ1) is 16.4. The number of ketones is 1. The summed E-state index contributed by atoms with van der Waals surface area (Å²) in [4.78, 5) is 19.9. The van der Waals surface area contributed by atoms with Crippen LogP contribution in [0.25, 0.3) is 0 Å². The van der Waals surface area contributed by atoms with Crippen molar-refractivity contribution in [3.8, 4) is 0 Å². The molecular weight excluding hydrogens is 236 g/mol. The van der Waals surface area contributed by atoms with Crippen molar-refractivity contribution in [2.45, 2.75) is 39.5 Å². The molecule has 0 spiro atoms. The zero-order valence-corrected chi connectivity index (χ0v) is 10.8. The van der Waals surface area contributed by atoms with Gasteiger partial charge in [-0.3, -0.25) is 9.59 Å². The number of aliphatic hydroxyl groups is 1. The number of hydrogen-bond donors (Lipinski definition) is 2. The van der Waals surface area contributed by atoms with Crippen LogP contribution in [0, 0.1) is 0 Å². The number of hydrogen-bond acceptors (Lipinski definition) is 4. The van der Waals surface area contributed by atoms with E-state index in [4.69, 9.17) is 19.4 Å². The van der Waals surface area contributed by atoms with Gasteiger partial charge in [-0.1, -0.05) is 6.42 Å². The maximum absolute atomic E-state index is 10.9. The van der Waals surface area contributed by atoms with Crippen LogP contribution >= 0.6 is 0 Å². The Balaban J connectivity index is 0.000000631. The topological polar surface area (TPSA) is 87.7 Å². The summed E-state index contributed by atoms with van der Waals surface area (Å²) in [7, 11) is 0. The molecule has 0 saturated heterocycles. The molecule has 0 saturated carbocycles. The number of carboxylic acid groups (broad SMARTS) is 1. The minimum atomic E-state index is -0.833. The van der Waals surface area contributed by atoms with E-state index in [-0.39, 0.29) is 12.4 Å². The van der Waals surface area contributed by atoms with E-state index < -0.39 is 5.97 Å². The molecule has 1 aromatic rings. The summed E-state index contributed by atoms with van der Waals surface area (Å²) in [6.45, 7) is 2.82. The molecular formula is C13H20O5. The highest BCUT2D eigenvalue weighted by Gasteiger charge is 2.05. The number of carboxylic acids is 1. The molecule has 0 bridgehead atoms. The molecule has 2 N–H and O–H groups in total. The molecule has 5 nitrogen and oxygen atoms in total. The van der Waals surface area contributed by atoms with Crippen LogP contribution in [-0.4, -0.2) is 28.6 Å². The zero-order valence-electron chi connectivity index (χ0n) is 10.8. The molecule has 0 aliphatic heterocycles. The number of aliphatic hydroxyl groups excluding tert-OH is 1. The quantitative estimate of drug-likeness (QED) is 0.602. The fraction of sp³-hybridized carbons (Fsp3) is 0.538. The summed E-state index contributed by atoms with van der Waals surface area (Å²) in [6, 6.07) is 3.55. The molecule has 18 heavy (non-hydrogen) atoms. The number of aliphatic carboxylic acids is 1. The van der Waals surface area contributed by atoms with Gasteiger partial charge in [0.05, 0.1) is 0 Å². The minimum Gasteiger partial charge on any atom is -0.481 e. The first-order chi connectivity index (χ1) is 8.47. The van der Waals surface area contributed by atoms with Crippen LogP contribution < -0.4 is 0 Å². The largest absolute Gasteiger partial charge is 0.481 e. The highest BCUT2D eigenvalue weighted by molar-refractivity contribution is 5.91. The molecule has 1 heterocycles. The number of aryl methyl sites for hydroxylation is 1. The molecule has 1 rings (SSSR count). The lowest BCUT2D eigenvalue weighted by Gasteiger charge is -1.96. The summed E-state index contributed by atoms with van der Waals surface area (Å²) in [6.07, 6.45) is 3.66. The monoisotopic (exact) mass is 256 g/mol. The van der Waals surface area contributed by atoms with Gasteiger partial charge >= 0.3 is 0 Å². The van der Waals surface area contributed by atoms with Crippen molar-refractivity contribution in [3.63, 3.8) is 0 Å². The number of furan rings is 1. The van der Waals surface area contributed by atoms with Crippen molar-refractivity contribution in [1.82, 2.24) is 0 Å². The maximum Gasteiger partial charge on any atom is 0.300 e. The summed E-state index contributed by atoms with van der Waals surface area (Å²) in [5.41, 5.74) is 0. The first-order valence-electron chi connectivity index (χ1n) is 5.87. The molecule has 0 atom stereocenters. The van der Waals surface area contributed by atoms with Crippen LogP contribution in [-0.2, 0) is 11.2 Å². The molecule has 0 unspecified atom stereocenters. The lowest BCUT2D eigenvalue weighted by Crippen LogP contribution is -1.88. The minimum absolute atomic E-state index is 0.0355. The van der Waals surface area contributed by atoms with E-state index in [0.29, 0.717) is 5.76 Å². The van der Waals surface area contributed by atoms with Crippen LogP contribution in [0.4, 0.5) is 0 Å². The number of rotatable bonds is 6. The summed E-state index contributed by atoms with van der Waals surface area (Å²) < 4.78 is 5.31. The van der Waals surface area contributed by atoms with Crippen molar-refractivity contribution in [3.05, 3.63) is 23.7 Å². The van der Waals surface area contributed by atoms with E-state index in [2.05, 4.69) is 0 Å². The van der Waals surface area contributed by atoms with Gasteiger partial charge in [-0.15, -0.1) is 0 Å². The van der Waals surface area contributed by atoms with Crippen LogP contribution in [0.2, 0.25) is 0 Å². The number of carbonyl (C=O) groups is 2. The molecule has 0 aliphatic rings. The smallest absolute Gasteiger partial charge is 0.300 e. The number of unbranched alkanes of at least 4 members (excludes halogenated alkanes) is 2. The van der Waals surface area contributed by atoms with Crippen LogP contribution in [0.15, 0.2) is 16.5 Å². The lowest BCUT2D eigenvalue weighted by atomic mass is 10.2.